The normalized spacial score (nSPS) is 12.6. The van der Waals surface area contributed by atoms with Gasteiger partial charge in [-0.05, 0) is 31.0 Å². The summed E-state index contributed by atoms with van der Waals surface area (Å²) in [6.45, 7) is 2.03. The Balaban J connectivity index is 2.26. The van der Waals surface area contributed by atoms with Gasteiger partial charge in [0.15, 0.2) is 4.34 Å². The van der Waals surface area contributed by atoms with Gasteiger partial charge in [-0.25, -0.2) is 4.98 Å². The highest BCUT2D eigenvalue weighted by atomic mass is 79.9. The van der Waals surface area contributed by atoms with Crippen LogP contribution in [0.3, 0.4) is 0 Å². The smallest absolute Gasteiger partial charge is 0.154 e. The summed E-state index contributed by atoms with van der Waals surface area (Å²) in [4.78, 5) is 5.52. The molecule has 0 fully saturated rings. The second-order valence-electron chi connectivity index (χ2n) is 3.83. The number of nitrogens with two attached hydrogens (primary N) is 1. The van der Waals surface area contributed by atoms with Crippen LogP contribution in [0.15, 0.2) is 43.5 Å². The van der Waals surface area contributed by atoms with Gasteiger partial charge < -0.3 is 5.73 Å². The molecule has 0 amide bonds. The highest BCUT2D eigenvalue weighted by Crippen LogP contribution is 2.34. The Hall–Kier alpha value is -0.360. The number of nitrogens with zero attached hydrogens (tertiary/aromatic N) is 1. The Morgan fingerprint density at radius 1 is 1.53 bits per heavy atom. The summed E-state index contributed by atoms with van der Waals surface area (Å²) in [5.41, 5.74) is 7.15. The average Bonchev–Trinajstić information content (AvgIpc) is 2.74. The van der Waals surface area contributed by atoms with Gasteiger partial charge in [-0.1, -0.05) is 33.8 Å². The molecule has 0 aliphatic heterocycles. The summed E-state index contributed by atoms with van der Waals surface area (Å²) >= 11 is 6.86. The Bertz CT molecular complexity index is 483. The monoisotopic (exact) mass is 328 g/mol. The summed E-state index contributed by atoms with van der Waals surface area (Å²) in [6, 6.07) is 6.49. The second-order valence-corrected chi connectivity index (χ2v) is 6.93. The van der Waals surface area contributed by atoms with Crippen molar-refractivity contribution in [2.75, 3.05) is 0 Å². The van der Waals surface area contributed by atoms with Crippen molar-refractivity contribution < 1.29 is 0 Å². The molecule has 1 aromatic heterocycles. The number of hydrogen-bond donors (Lipinski definition) is 1. The predicted molar refractivity (Wildman–Crippen MR) is 77.7 cm³/mol. The van der Waals surface area contributed by atoms with E-state index >= 15 is 0 Å². The van der Waals surface area contributed by atoms with Crippen LogP contribution in [0.5, 0.6) is 0 Å². The fourth-order valence-electron chi connectivity index (χ4n) is 1.49. The van der Waals surface area contributed by atoms with Crippen LogP contribution in [0.1, 0.15) is 12.5 Å². The van der Waals surface area contributed by atoms with Gasteiger partial charge in [0.2, 0.25) is 0 Å². The minimum Gasteiger partial charge on any atom is -0.328 e. The highest BCUT2D eigenvalue weighted by Gasteiger charge is 2.08. The first-order valence-corrected chi connectivity index (χ1v) is 7.75. The minimum absolute atomic E-state index is 0.173. The molecule has 0 saturated heterocycles. The van der Waals surface area contributed by atoms with Crippen LogP contribution >= 0.6 is 39.0 Å². The first-order chi connectivity index (χ1) is 8.15. The molecule has 90 valence electrons. The van der Waals surface area contributed by atoms with Gasteiger partial charge in [0.1, 0.15) is 0 Å². The Morgan fingerprint density at radius 3 is 3.00 bits per heavy atom. The predicted octanol–water partition coefficient (Wildman–Crippen LogP) is 3.95. The number of benzene rings is 1. The van der Waals surface area contributed by atoms with Crippen LogP contribution in [0.4, 0.5) is 0 Å². The molecule has 1 aromatic carbocycles. The molecule has 2 nitrogen and oxygen atoms in total. The molecule has 2 rings (SSSR count). The lowest BCUT2D eigenvalue weighted by Crippen LogP contribution is -2.18. The highest BCUT2D eigenvalue weighted by molar-refractivity contribution is 9.10. The number of hydrogen-bond acceptors (Lipinski definition) is 4. The van der Waals surface area contributed by atoms with Crippen LogP contribution in [0.2, 0.25) is 0 Å². The largest absolute Gasteiger partial charge is 0.328 e. The van der Waals surface area contributed by atoms with Crippen molar-refractivity contribution in [2.24, 2.45) is 5.73 Å². The van der Waals surface area contributed by atoms with E-state index in [1.807, 2.05) is 18.5 Å². The van der Waals surface area contributed by atoms with Gasteiger partial charge in [0.05, 0.1) is 0 Å². The van der Waals surface area contributed by atoms with Crippen LogP contribution in [-0.2, 0) is 6.42 Å². The molecule has 0 saturated carbocycles. The lowest BCUT2D eigenvalue weighted by Gasteiger charge is -2.10. The SMILES string of the molecule is CC(N)Cc1ccc(Br)cc1Sc1nccs1. The molecule has 0 aliphatic carbocycles. The third kappa shape index (κ3) is 3.81. The van der Waals surface area contributed by atoms with Crippen LogP contribution in [-0.4, -0.2) is 11.0 Å². The molecule has 5 heteroatoms. The number of aromatic nitrogens is 1. The van der Waals surface area contributed by atoms with E-state index in [1.54, 1.807) is 23.1 Å². The second kappa shape index (κ2) is 6.00. The lowest BCUT2D eigenvalue weighted by atomic mass is 10.1. The third-order valence-electron chi connectivity index (χ3n) is 2.18. The Kier molecular flexibility index (Phi) is 4.62. The Labute approximate surface area is 118 Å². The van der Waals surface area contributed by atoms with E-state index < -0.39 is 0 Å². The maximum absolute atomic E-state index is 5.87. The molecule has 1 atom stereocenters. The van der Waals surface area contributed by atoms with Gasteiger partial charge in [-0.2, -0.15) is 0 Å². The number of halogens is 1. The standard InChI is InChI=1S/C12H13BrN2S2/c1-8(14)6-9-2-3-10(13)7-11(9)17-12-15-4-5-16-12/h2-5,7-8H,6,14H2,1H3. The first kappa shape index (κ1) is 13.1. The summed E-state index contributed by atoms with van der Waals surface area (Å²) in [5.74, 6) is 0. The van der Waals surface area contributed by atoms with Crippen molar-refractivity contribution in [1.29, 1.82) is 0 Å². The molecule has 0 aliphatic rings. The quantitative estimate of drug-likeness (QED) is 0.923. The van der Waals surface area contributed by atoms with Crippen molar-refractivity contribution in [3.8, 4) is 0 Å². The number of rotatable bonds is 4. The van der Waals surface area contributed by atoms with E-state index in [0.29, 0.717) is 0 Å². The summed E-state index contributed by atoms with van der Waals surface area (Å²) in [7, 11) is 0. The van der Waals surface area contributed by atoms with Gasteiger partial charge in [-0.3, -0.25) is 0 Å². The minimum atomic E-state index is 0.173. The molecule has 1 unspecified atom stereocenters. The molecule has 0 spiro atoms. The fourth-order valence-corrected chi connectivity index (χ4v) is 3.76. The average molecular weight is 329 g/mol. The summed E-state index contributed by atoms with van der Waals surface area (Å²) in [6.07, 6.45) is 2.72. The van der Waals surface area contributed by atoms with E-state index in [9.17, 15) is 0 Å². The summed E-state index contributed by atoms with van der Waals surface area (Å²) in [5, 5.41) is 1.99. The first-order valence-electron chi connectivity index (χ1n) is 5.26. The van der Waals surface area contributed by atoms with Gasteiger partial charge in [0.25, 0.3) is 0 Å². The van der Waals surface area contributed by atoms with E-state index in [4.69, 9.17) is 5.73 Å². The zero-order valence-electron chi connectivity index (χ0n) is 9.39. The van der Waals surface area contributed by atoms with Gasteiger partial charge in [0, 0.05) is 27.0 Å². The molecule has 1 heterocycles. The fraction of sp³-hybridized carbons (Fsp3) is 0.250. The maximum Gasteiger partial charge on any atom is 0.154 e. The van der Waals surface area contributed by atoms with E-state index in [1.165, 1.54) is 10.5 Å². The molecule has 0 radical (unpaired) electrons. The molecule has 2 N–H and O–H groups in total. The van der Waals surface area contributed by atoms with Crippen LogP contribution in [0, 0.1) is 0 Å². The topological polar surface area (TPSA) is 38.9 Å². The van der Waals surface area contributed by atoms with Gasteiger partial charge >= 0.3 is 0 Å². The van der Waals surface area contributed by atoms with Gasteiger partial charge in [-0.15, -0.1) is 11.3 Å². The van der Waals surface area contributed by atoms with Crippen molar-refractivity contribution >= 4 is 39.0 Å². The van der Waals surface area contributed by atoms with Crippen molar-refractivity contribution in [3.05, 3.63) is 39.8 Å². The zero-order valence-corrected chi connectivity index (χ0v) is 12.6. The van der Waals surface area contributed by atoms with E-state index in [-0.39, 0.29) is 6.04 Å². The zero-order chi connectivity index (χ0) is 12.3. The Morgan fingerprint density at radius 2 is 2.35 bits per heavy atom. The van der Waals surface area contributed by atoms with E-state index in [2.05, 4.69) is 39.1 Å². The molecular formula is C12H13BrN2S2. The van der Waals surface area contributed by atoms with Crippen molar-refractivity contribution in [1.82, 2.24) is 4.98 Å². The third-order valence-corrected chi connectivity index (χ3v) is 4.65. The number of thiazole rings is 1. The van der Waals surface area contributed by atoms with Crippen LogP contribution in [0.25, 0.3) is 0 Å². The molecule has 17 heavy (non-hydrogen) atoms. The lowest BCUT2D eigenvalue weighted by molar-refractivity contribution is 0.729. The van der Waals surface area contributed by atoms with Crippen LogP contribution < -0.4 is 5.73 Å². The molecule has 0 bridgehead atoms. The summed E-state index contributed by atoms with van der Waals surface area (Å²) < 4.78 is 2.15. The van der Waals surface area contributed by atoms with Crippen molar-refractivity contribution in [2.45, 2.75) is 28.6 Å². The van der Waals surface area contributed by atoms with E-state index in [0.717, 1.165) is 15.2 Å². The maximum atomic E-state index is 5.87. The van der Waals surface area contributed by atoms with Crippen molar-refractivity contribution in [3.63, 3.8) is 0 Å². The molecule has 2 aromatic rings. The molecular weight excluding hydrogens is 316 g/mol.